The summed E-state index contributed by atoms with van der Waals surface area (Å²) in [5.74, 6) is 0. The summed E-state index contributed by atoms with van der Waals surface area (Å²) >= 11 is 10.5. The molecule has 0 radical (unpaired) electrons. The minimum Gasteiger partial charge on any atom is -0.727 e. The molecule has 1 unspecified atom stereocenters. The van der Waals surface area contributed by atoms with Crippen LogP contribution in [0.4, 0.5) is 0 Å². The van der Waals surface area contributed by atoms with Crippen molar-refractivity contribution in [1.29, 1.82) is 0 Å². The number of hydrogen-bond acceptors (Lipinski definition) is 2. The van der Waals surface area contributed by atoms with Crippen molar-refractivity contribution in [3.8, 4) is 0 Å². The third-order valence-corrected chi connectivity index (χ3v) is 5.32. The van der Waals surface area contributed by atoms with Crippen molar-refractivity contribution in [1.82, 2.24) is 5.09 Å². The van der Waals surface area contributed by atoms with Crippen LogP contribution < -0.4 is 10.4 Å². The van der Waals surface area contributed by atoms with Gasteiger partial charge in [-0.15, -0.1) is 11.8 Å². The van der Waals surface area contributed by atoms with Crippen LogP contribution in [0.15, 0.2) is 30.3 Å². The smallest absolute Gasteiger partial charge is 0.0132 e. The molecule has 0 spiro atoms. The summed E-state index contributed by atoms with van der Waals surface area (Å²) in [6.07, 6.45) is 0. The van der Waals surface area contributed by atoms with Crippen LogP contribution in [0.5, 0.6) is 0 Å². The Bertz CT molecular complexity index is 273. The number of hydrogen-bond donors (Lipinski definition) is 1. The van der Waals surface area contributed by atoms with Gasteiger partial charge in [-0.2, -0.15) is 0 Å². The molecule has 4 heteroatoms. The van der Waals surface area contributed by atoms with Crippen LogP contribution in [0, 0.1) is 0 Å². The molecule has 1 aromatic carbocycles. The van der Waals surface area contributed by atoms with Crippen molar-refractivity contribution >= 4 is 34.8 Å². The summed E-state index contributed by atoms with van der Waals surface area (Å²) in [7, 11) is 1.82. The monoisotopic (exact) mass is 202 g/mol. The van der Waals surface area contributed by atoms with Gasteiger partial charge in [0.1, 0.15) is 0 Å². The van der Waals surface area contributed by atoms with E-state index in [1.54, 1.807) is 0 Å². The molecular weight excluding hydrogens is 193 g/mol. The van der Waals surface area contributed by atoms with Crippen LogP contribution >= 0.6 is 5.39 Å². The van der Waals surface area contributed by atoms with Gasteiger partial charge >= 0.3 is 0 Å². The van der Waals surface area contributed by atoms with Crippen LogP contribution in [-0.2, 0) is 24.1 Å². The zero-order chi connectivity index (χ0) is 8.32. The van der Waals surface area contributed by atoms with E-state index < -0.39 is 5.39 Å². The Hall–Kier alpha value is 0.180. The highest BCUT2D eigenvalue weighted by Gasteiger charge is 1.98. The Morgan fingerprint density at radius 2 is 1.91 bits per heavy atom. The van der Waals surface area contributed by atoms with Gasteiger partial charge in [-0.3, -0.25) is 0 Å². The molecule has 1 aromatic rings. The molecule has 0 saturated heterocycles. The molecule has 0 aliphatic rings. The third kappa shape index (κ3) is 2.31. The molecule has 1 N–H and O–H groups in total. The van der Waals surface area contributed by atoms with Crippen molar-refractivity contribution in [2.75, 3.05) is 7.05 Å². The van der Waals surface area contributed by atoms with E-state index in [9.17, 15) is 0 Å². The van der Waals surface area contributed by atoms with E-state index in [0.717, 1.165) is 5.30 Å². The van der Waals surface area contributed by atoms with E-state index in [2.05, 4.69) is 5.09 Å². The van der Waals surface area contributed by atoms with E-state index in [4.69, 9.17) is 24.1 Å². The van der Waals surface area contributed by atoms with Gasteiger partial charge in [0.25, 0.3) is 0 Å². The number of rotatable bonds is 2. The van der Waals surface area contributed by atoms with Gasteiger partial charge in [0.2, 0.25) is 0 Å². The van der Waals surface area contributed by atoms with Crippen molar-refractivity contribution in [2.24, 2.45) is 0 Å². The van der Waals surface area contributed by atoms with Crippen LogP contribution in [0.1, 0.15) is 0 Å². The van der Waals surface area contributed by atoms with Crippen molar-refractivity contribution < 1.29 is 0 Å². The minimum absolute atomic E-state index is 1.06. The molecule has 11 heavy (non-hydrogen) atoms. The lowest BCUT2D eigenvalue weighted by Gasteiger charge is -2.28. The second-order valence-electron chi connectivity index (χ2n) is 2.11. The van der Waals surface area contributed by atoms with Crippen LogP contribution in [0.2, 0.25) is 0 Å². The van der Waals surface area contributed by atoms with E-state index >= 15 is 0 Å². The maximum Gasteiger partial charge on any atom is -0.0132 e. The zero-order valence-corrected chi connectivity index (χ0v) is 8.68. The summed E-state index contributed by atoms with van der Waals surface area (Å²) in [6.45, 7) is 0. The highest BCUT2D eigenvalue weighted by atomic mass is 32.9. The van der Waals surface area contributed by atoms with E-state index in [0.29, 0.717) is 0 Å². The molecule has 0 saturated carbocycles. The topological polar surface area (TPSA) is 12.0 Å². The lowest BCUT2D eigenvalue weighted by Crippen LogP contribution is -2.12. The van der Waals surface area contributed by atoms with Crippen molar-refractivity contribution in [3.63, 3.8) is 0 Å². The second kappa shape index (κ2) is 3.72. The highest BCUT2D eigenvalue weighted by molar-refractivity contribution is 8.57. The standard InChI is InChI=1S/C7H10NPS2/c1-8-9(10,11)7-5-3-2-4-6-7/h2-6H,1H3,(H2,8,10,11)/p-1. The molecule has 0 bridgehead atoms. The van der Waals surface area contributed by atoms with Gasteiger partial charge in [-0.1, -0.05) is 35.7 Å². The molecule has 0 fully saturated rings. The van der Waals surface area contributed by atoms with E-state index in [-0.39, 0.29) is 0 Å². The van der Waals surface area contributed by atoms with Crippen molar-refractivity contribution in [3.05, 3.63) is 30.3 Å². The summed E-state index contributed by atoms with van der Waals surface area (Å²) in [5, 5.41) is 2.20. The first-order chi connectivity index (χ1) is 5.17. The molecule has 0 aliphatic heterocycles. The molecule has 1 rings (SSSR count). The quantitative estimate of drug-likeness (QED) is 0.575. The SMILES string of the molecule is CNP(=S)([S-])c1ccccc1. The summed E-state index contributed by atoms with van der Waals surface area (Å²) in [6, 6.07) is 9.83. The minimum atomic E-state index is -1.86. The lowest BCUT2D eigenvalue weighted by molar-refractivity contribution is 1.29. The first kappa shape index (κ1) is 9.27. The molecular formula is C7H9NPS2-. The summed E-state index contributed by atoms with van der Waals surface area (Å²) in [5.41, 5.74) is 0. The number of benzene rings is 1. The highest BCUT2D eigenvalue weighted by Crippen LogP contribution is 2.35. The van der Waals surface area contributed by atoms with Gasteiger partial charge in [-0.25, -0.2) is 0 Å². The third-order valence-electron chi connectivity index (χ3n) is 1.39. The van der Waals surface area contributed by atoms with Gasteiger partial charge in [-0.05, 0) is 12.4 Å². The predicted molar refractivity (Wildman–Crippen MR) is 56.8 cm³/mol. The Morgan fingerprint density at radius 3 is 2.36 bits per heavy atom. The average Bonchev–Trinajstić information content (AvgIpc) is 2.06. The maximum atomic E-state index is 5.23. The Morgan fingerprint density at radius 1 is 1.36 bits per heavy atom. The van der Waals surface area contributed by atoms with E-state index in [1.807, 2.05) is 37.4 Å². The van der Waals surface area contributed by atoms with Crippen molar-refractivity contribution in [2.45, 2.75) is 0 Å². The molecule has 60 valence electrons. The fraction of sp³-hybridized carbons (Fsp3) is 0.143. The fourth-order valence-electron chi connectivity index (χ4n) is 0.753. The molecule has 0 aromatic heterocycles. The largest absolute Gasteiger partial charge is 0.727 e. The van der Waals surface area contributed by atoms with Gasteiger partial charge < -0.3 is 17.3 Å². The molecule has 0 heterocycles. The molecule has 0 aliphatic carbocycles. The predicted octanol–water partition coefficient (Wildman–Crippen LogP) is 1.39. The molecule has 0 amide bonds. The van der Waals surface area contributed by atoms with Gasteiger partial charge in [0.05, 0.1) is 0 Å². The molecule has 1 atom stereocenters. The van der Waals surface area contributed by atoms with Gasteiger partial charge in [0, 0.05) is 0 Å². The second-order valence-corrected chi connectivity index (χ2v) is 8.16. The van der Waals surface area contributed by atoms with Gasteiger partial charge in [0.15, 0.2) is 0 Å². The summed E-state index contributed by atoms with van der Waals surface area (Å²) in [4.78, 5) is 0. The Labute approximate surface area is 77.4 Å². The van der Waals surface area contributed by atoms with Crippen LogP contribution in [-0.4, -0.2) is 7.05 Å². The number of nitrogens with one attached hydrogen (secondary N) is 1. The first-order valence-corrected chi connectivity index (χ1v) is 7.04. The van der Waals surface area contributed by atoms with E-state index in [1.165, 1.54) is 0 Å². The lowest BCUT2D eigenvalue weighted by atomic mass is 10.4. The van der Waals surface area contributed by atoms with Crippen LogP contribution in [0.3, 0.4) is 0 Å². The average molecular weight is 202 g/mol. The first-order valence-electron chi connectivity index (χ1n) is 3.22. The zero-order valence-electron chi connectivity index (χ0n) is 6.15. The summed E-state index contributed by atoms with van der Waals surface area (Å²) < 4.78 is 0. The fourth-order valence-corrected chi connectivity index (χ4v) is 2.31. The normalized spacial score (nSPS) is 15.8. The van der Waals surface area contributed by atoms with Crippen LogP contribution in [0.25, 0.3) is 0 Å². The molecule has 1 nitrogen and oxygen atoms in total. The maximum absolute atomic E-state index is 5.23. The Kier molecular flexibility index (Phi) is 3.14. The Balaban J connectivity index is 3.03.